The van der Waals surface area contributed by atoms with E-state index in [1.165, 1.54) is 0 Å². The molecular formula is C20H21ClN4OS. The molecule has 0 atom stereocenters. The second-order valence-corrected chi connectivity index (χ2v) is 8.11. The summed E-state index contributed by atoms with van der Waals surface area (Å²) >= 11 is 7.70. The zero-order valence-electron chi connectivity index (χ0n) is 15.1. The van der Waals surface area contributed by atoms with E-state index >= 15 is 0 Å². The van der Waals surface area contributed by atoms with Gasteiger partial charge in [0.15, 0.2) is 5.13 Å². The van der Waals surface area contributed by atoms with Crippen LogP contribution in [0.1, 0.15) is 0 Å². The third-order valence-electron chi connectivity index (χ3n) is 4.79. The van der Waals surface area contributed by atoms with Gasteiger partial charge in [-0.3, -0.25) is 4.79 Å². The monoisotopic (exact) mass is 400 g/mol. The average molecular weight is 401 g/mol. The molecule has 4 rings (SSSR count). The van der Waals surface area contributed by atoms with Crippen LogP contribution in [0, 0.1) is 0 Å². The Morgan fingerprint density at radius 1 is 1.15 bits per heavy atom. The van der Waals surface area contributed by atoms with Gasteiger partial charge in [0.25, 0.3) is 0 Å². The van der Waals surface area contributed by atoms with Gasteiger partial charge >= 0.3 is 0 Å². The Morgan fingerprint density at radius 2 is 1.93 bits per heavy atom. The molecule has 1 saturated heterocycles. The summed E-state index contributed by atoms with van der Waals surface area (Å²) in [6.07, 6.45) is 0. The summed E-state index contributed by atoms with van der Waals surface area (Å²) in [7, 11) is 1.93. The van der Waals surface area contributed by atoms with E-state index in [4.69, 9.17) is 11.6 Å². The number of hydrogen-bond donors (Lipinski definition) is 0. The van der Waals surface area contributed by atoms with E-state index in [2.05, 4.69) is 22.0 Å². The number of nitrogens with zero attached hydrogens (tertiary/aromatic N) is 4. The molecule has 0 N–H and O–H groups in total. The molecule has 1 aliphatic rings. The summed E-state index contributed by atoms with van der Waals surface area (Å²) < 4.78 is 1.14. The molecule has 0 unspecified atom stereocenters. The van der Waals surface area contributed by atoms with Crippen LogP contribution in [0.2, 0.25) is 5.02 Å². The minimum absolute atomic E-state index is 0.141. The van der Waals surface area contributed by atoms with Crippen LogP contribution in [0.15, 0.2) is 48.5 Å². The fourth-order valence-corrected chi connectivity index (χ4v) is 4.39. The molecule has 3 aromatic rings. The standard InChI is InChI=1S/C20H21ClN4OS/c1-23(20-22-17-7-2-3-8-18(17)27-20)14-19(26)25-11-9-24(10-12-25)16-6-4-5-15(21)13-16/h2-8,13H,9-12,14H2,1H3. The molecule has 2 heterocycles. The van der Waals surface area contributed by atoms with Gasteiger partial charge in [-0.15, -0.1) is 0 Å². The second kappa shape index (κ2) is 7.74. The number of hydrogen-bond acceptors (Lipinski definition) is 5. The van der Waals surface area contributed by atoms with E-state index in [1.807, 2.05) is 53.2 Å². The molecule has 5 nitrogen and oxygen atoms in total. The third-order valence-corrected chi connectivity index (χ3v) is 6.17. The first-order chi connectivity index (χ1) is 13.1. The first-order valence-electron chi connectivity index (χ1n) is 8.95. The van der Waals surface area contributed by atoms with Crippen molar-refractivity contribution in [3.8, 4) is 0 Å². The normalized spacial score (nSPS) is 14.6. The molecule has 1 aliphatic heterocycles. The molecule has 1 amide bonds. The van der Waals surface area contributed by atoms with Gasteiger partial charge in [-0.25, -0.2) is 4.98 Å². The number of amides is 1. The maximum Gasteiger partial charge on any atom is 0.242 e. The van der Waals surface area contributed by atoms with E-state index < -0.39 is 0 Å². The number of carbonyl (C=O) groups is 1. The second-order valence-electron chi connectivity index (χ2n) is 6.67. The van der Waals surface area contributed by atoms with Crippen LogP contribution in [0.25, 0.3) is 10.2 Å². The highest BCUT2D eigenvalue weighted by Crippen LogP contribution is 2.28. The predicted molar refractivity (Wildman–Crippen MR) is 113 cm³/mol. The Labute approximate surface area is 167 Å². The zero-order chi connectivity index (χ0) is 18.8. The number of halogens is 1. The molecular weight excluding hydrogens is 380 g/mol. The highest BCUT2D eigenvalue weighted by Gasteiger charge is 2.23. The quantitative estimate of drug-likeness (QED) is 0.669. The van der Waals surface area contributed by atoms with Crippen LogP contribution in [0.3, 0.4) is 0 Å². The molecule has 0 radical (unpaired) electrons. The third kappa shape index (κ3) is 4.01. The molecule has 0 spiro atoms. The number of anilines is 2. The van der Waals surface area contributed by atoms with Crippen molar-refractivity contribution < 1.29 is 4.79 Å². The van der Waals surface area contributed by atoms with E-state index in [0.717, 1.165) is 52.2 Å². The van der Waals surface area contributed by atoms with Crippen LogP contribution < -0.4 is 9.80 Å². The summed E-state index contributed by atoms with van der Waals surface area (Å²) in [6.45, 7) is 3.42. The molecule has 0 bridgehead atoms. The SMILES string of the molecule is CN(CC(=O)N1CCN(c2cccc(Cl)c2)CC1)c1nc2ccccc2s1. The predicted octanol–water partition coefficient (Wildman–Crippen LogP) is 3.73. The highest BCUT2D eigenvalue weighted by atomic mass is 35.5. The highest BCUT2D eigenvalue weighted by molar-refractivity contribution is 7.22. The molecule has 1 fully saturated rings. The van der Waals surface area contributed by atoms with Crippen molar-refractivity contribution in [1.29, 1.82) is 0 Å². The van der Waals surface area contributed by atoms with E-state index in [0.29, 0.717) is 6.54 Å². The molecule has 7 heteroatoms. The molecule has 140 valence electrons. The van der Waals surface area contributed by atoms with Crippen LogP contribution in [0.5, 0.6) is 0 Å². The van der Waals surface area contributed by atoms with Crippen LogP contribution in [-0.2, 0) is 4.79 Å². The number of benzene rings is 2. The van der Waals surface area contributed by atoms with Crippen LogP contribution >= 0.6 is 22.9 Å². The van der Waals surface area contributed by atoms with Crippen molar-refractivity contribution in [2.75, 3.05) is 49.6 Å². The van der Waals surface area contributed by atoms with Crippen molar-refractivity contribution in [2.24, 2.45) is 0 Å². The van der Waals surface area contributed by atoms with Crippen molar-refractivity contribution >= 4 is 49.9 Å². The zero-order valence-corrected chi connectivity index (χ0v) is 16.7. The first kappa shape index (κ1) is 18.1. The Bertz CT molecular complexity index is 919. The smallest absolute Gasteiger partial charge is 0.242 e. The lowest BCUT2D eigenvalue weighted by Gasteiger charge is -2.36. The van der Waals surface area contributed by atoms with Gasteiger partial charge in [-0.2, -0.15) is 0 Å². The minimum Gasteiger partial charge on any atom is -0.368 e. The number of carbonyl (C=O) groups excluding carboxylic acids is 1. The number of rotatable bonds is 4. The number of likely N-dealkylation sites (N-methyl/N-ethyl adjacent to an activating group) is 1. The van der Waals surface area contributed by atoms with Crippen molar-refractivity contribution in [2.45, 2.75) is 0 Å². The van der Waals surface area contributed by atoms with Gasteiger partial charge in [0, 0.05) is 43.9 Å². The lowest BCUT2D eigenvalue weighted by Crippen LogP contribution is -2.51. The van der Waals surface area contributed by atoms with Gasteiger partial charge in [-0.05, 0) is 30.3 Å². The minimum atomic E-state index is 0.141. The summed E-state index contributed by atoms with van der Waals surface area (Å²) in [4.78, 5) is 23.5. The lowest BCUT2D eigenvalue weighted by atomic mass is 10.2. The summed E-state index contributed by atoms with van der Waals surface area (Å²) in [6, 6.07) is 15.9. The van der Waals surface area contributed by atoms with Crippen LogP contribution in [0.4, 0.5) is 10.8 Å². The largest absolute Gasteiger partial charge is 0.368 e. The number of fused-ring (bicyclic) bond motifs is 1. The Kier molecular flexibility index (Phi) is 5.18. The Morgan fingerprint density at radius 3 is 2.67 bits per heavy atom. The van der Waals surface area contributed by atoms with Gasteiger partial charge in [-0.1, -0.05) is 41.1 Å². The van der Waals surface area contributed by atoms with Crippen LogP contribution in [-0.4, -0.2) is 55.6 Å². The average Bonchev–Trinajstić information content (AvgIpc) is 3.12. The molecule has 2 aromatic carbocycles. The Hall–Kier alpha value is -2.31. The van der Waals surface area contributed by atoms with Gasteiger partial charge in [0.05, 0.1) is 16.8 Å². The van der Waals surface area contributed by atoms with Gasteiger partial charge in [0.2, 0.25) is 5.91 Å². The number of thiazole rings is 1. The fourth-order valence-electron chi connectivity index (χ4n) is 3.28. The van der Waals surface area contributed by atoms with E-state index in [-0.39, 0.29) is 5.91 Å². The van der Waals surface area contributed by atoms with Gasteiger partial charge in [0.1, 0.15) is 0 Å². The van der Waals surface area contributed by atoms with Gasteiger partial charge < -0.3 is 14.7 Å². The summed E-state index contributed by atoms with van der Waals surface area (Å²) in [5.74, 6) is 0.141. The maximum absolute atomic E-state index is 12.7. The number of piperazine rings is 1. The molecule has 0 saturated carbocycles. The molecule has 1 aromatic heterocycles. The fraction of sp³-hybridized carbons (Fsp3) is 0.300. The van der Waals surface area contributed by atoms with Crippen molar-refractivity contribution in [3.05, 3.63) is 53.6 Å². The van der Waals surface area contributed by atoms with E-state index in [9.17, 15) is 4.79 Å². The summed E-state index contributed by atoms with van der Waals surface area (Å²) in [5.41, 5.74) is 2.09. The number of aromatic nitrogens is 1. The molecule has 0 aliphatic carbocycles. The molecule has 27 heavy (non-hydrogen) atoms. The summed E-state index contributed by atoms with van der Waals surface area (Å²) in [5, 5.41) is 1.62. The maximum atomic E-state index is 12.7. The van der Waals surface area contributed by atoms with Crippen molar-refractivity contribution in [3.63, 3.8) is 0 Å². The van der Waals surface area contributed by atoms with Crippen molar-refractivity contribution in [1.82, 2.24) is 9.88 Å². The lowest BCUT2D eigenvalue weighted by molar-refractivity contribution is -0.129. The Balaban J connectivity index is 1.35. The number of para-hydroxylation sites is 1. The van der Waals surface area contributed by atoms with E-state index in [1.54, 1.807) is 11.3 Å². The first-order valence-corrected chi connectivity index (χ1v) is 10.1. The topological polar surface area (TPSA) is 39.7 Å².